The Labute approximate surface area is 178 Å². The van der Waals surface area contributed by atoms with Crippen molar-refractivity contribution in [3.05, 3.63) is 84.9 Å². The summed E-state index contributed by atoms with van der Waals surface area (Å²) in [4.78, 5) is 0. The van der Waals surface area contributed by atoms with Crippen molar-refractivity contribution in [1.82, 2.24) is 0 Å². The molecule has 0 aliphatic rings. The summed E-state index contributed by atoms with van der Waals surface area (Å²) in [5, 5.41) is 23.2. The summed E-state index contributed by atoms with van der Waals surface area (Å²) in [5.41, 5.74) is 0. The van der Waals surface area contributed by atoms with Crippen LogP contribution in [-0.2, 0) is 0 Å². The number of hydrogen-bond donors (Lipinski definition) is 0. The van der Waals surface area contributed by atoms with Crippen LogP contribution in [-0.4, -0.2) is 0 Å². The molecule has 0 spiro atoms. The molecule has 0 aliphatic carbocycles. The van der Waals surface area contributed by atoms with Crippen LogP contribution in [0, 0.1) is 0 Å². The first kappa shape index (κ1) is 15.2. The van der Waals surface area contributed by atoms with Crippen molar-refractivity contribution >= 4 is 93.8 Å². The first-order valence-electron chi connectivity index (χ1n) is 10.9. The summed E-state index contributed by atoms with van der Waals surface area (Å²) >= 11 is 0. The van der Waals surface area contributed by atoms with E-state index >= 15 is 0 Å². The van der Waals surface area contributed by atoms with Gasteiger partial charge in [0.05, 0.1) is 0 Å². The lowest BCUT2D eigenvalue weighted by molar-refractivity contribution is 1.83. The lowest BCUT2D eigenvalue weighted by Gasteiger charge is -2.06. The Morgan fingerprint density at radius 2 is 0.710 bits per heavy atom. The van der Waals surface area contributed by atoms with Gasteiger partial charge in [0.2, 0.25) is 0 Å². The maximum Gasteiger partial charge on any atom is 0.00794 e. The molecule has 1 heteroatoms. The first-order chi connectivity index (χ1) is 15.4. The number of fused-ring (bicyclic) bond motifs is 7. The smallest absolute Gasteiger partial charge is 0.00794 e. The Morgan fingerprint density at radius 3 is 1.13 bits per heavy atom. The van der Waals surface area contributed by atoms with Gasteiger partial charge in [0, 0.05) is 21.0 Å². The SMILES string of the molecule is c1cc2ccc3c4[pH]c5c6ccc7cccc8ccc(c6c78)c5c4c4ccc(c1)c2c34. The van der Waals surface area contributed by atoms with Crippen LogP contribution in [0.25, 0.3) is 85.6 Å². The molecule has 8 aromatic carbocycles. The normalized spacial score (nSPS) is 13.2. The van der Waals surface area contributed by atoms with Crippen LogP contribution < -0.4 is 0 Å². The molecule has 1 aromatic heterocycles. The van der Waals surface area contributed by atoms with Gasteiger partial charge in [-0.1, -0.05) is 84.9 Å². The van der Waals surface area contributed by atoms with Gasteiger partial charge in [-0.2, -0.15) is 0 Å². The van der Waals surface area contributed by atoms with Crippen molar-refractivity contribution in [3.8, 4) is 0 Å². The third-order valence-corrected chi connectivity index (χ3v) is 9.17. The summed E-state index contributed by atoms with van der Waals surface area (Å²) < 4.78 is 0. The van der Waals surface area contributed by atoms with Gasteiger partial charge in [-0.05, 0) is 64.6 Å². The highest BCUT2D eigenvalue weighted by Gasteiger charge is 2.22. The predicted octanol–water partition coefficient (Wildman–Crippen LogP) is 9.26. The Hall–Kier alpha value is -3.60. The van der Waals surface area contributed by atoms with E-state index in [0.29, 0.717) is 0 Å². The van der Waals surface area contributed by atoms with Gasteiger partial charge in [0.15, 0.2) is 0 Å². The van der Waals surface area contributed by atoms with Crippen molar-refractivity contribution in [2.75, 3.05) is 0 Å². The van der Waals surface area contributed by atoms with Crippen molar-refractivity contribution < 1.29 is 0 Å². The molecule has 0 nitrogen and oxygen atoms in total. The van der Waals surface area contributed by atoms with Crippen molar-refractivity contribution in [3.63, 3.8) is 0 Å². The Balaban J connectivity index is 1.64. The molecule has 1 heterocycles. The molecule has 140 valence electrons. The summed E-state index contributed by atoms with van der Waals surface area (Å²) in [6.07, 6.45) is 0. The fourth-order valence-electron chi connectivity index (χ4n) is 6.44. The molecule has 0 N–H and O–H groups in total. The van der Waals surface area contributed by atoms with Crippen LogP contribution in [0.15, 0.2) is 84.9 Å². The van der Waals surface area contributed by atoms with Crippen molar-refractivity contribution in [2.45, 2.75) is 0 Å². The van der Waals surface area contributed by atoms with Gasteiger partial charge < -0.3 is 0 Å². The molecule has 9 aromatic rings. The number of benzene rings is 6. The van der Waals surface area contributed by atoms with Gasteiger partial charge in [-0.25, -0.2) is 0 Å². The molecule has 0 amide bonds. The van der Waals surface area contributed by atoms with Crippen LogP contribution >= 0.6 is 8.19 Å². The minimum Gasteiger partial charge on any atom is -0.122 e. The maximum absolute atomic E-state index is 2.38. The third-order valence-electron chi connectivity index (χ3n) is 7.63. The molecular weight excluding hydrogens is 391 g/mol. The fourth-order valence-corrected chi connectivity index (χ4v) is 8.15. The van der Waals surface area contributed by atoms with Crippen molar-refractivity contribution in [2.24, 2.45) is 0 Å². The Kier molecular flexibility index (Phi) is 2.37. The average molecular weight is 406 g/mol. The average Bonchev–Trinajstić information content (AvgIpc) is 3.44. The standard InChI is InChI=1S/C30H15P/c1-3-15-7-11-19-25-21(13-9-17(5-1)23(15)25)29-27(19)28-20-12-8-16-4-2-6-18-10-14-22(30(28)31-29)26(20)24(16)18/h1-14,31H. The van der Waals surface area contributed by atoms with Crippen LogP contribution in [0.5, 0.6) is 0 Å². The molecule has 0 unspecified atom stereocenters. The minimum absolute atomic E-state index is 0.727. The third kappa shape index (κ3) is 1.56. The first-order valence-corrected chi connectivity index (χ1v) is 11.9. The van der Waals surface area contributed by atoms with E-state index in [1.54, 1.807) is 10.2 Å². The van der Waals surface area contributed by atoms with E-state index in [2.05, 4.69) is 84.9 Å². The number of rotatable bonds is 0. The molecule has 0 atom stereocenters. The Morgan fingerprint density at radius 1 is 0.323 bits per heavy atom. The lowest BCUT2D eigenvalue weighted by Crippen LogP contribution is -1.78. The van der Waals surface area contributed by atoms with E-state index in [1.165, 1.54) is 75.4 Å². The molecule has 0 fully saturated rings. The van der Waals surface area contributed by atoms with Crippen LogP contribution in [0.3, 0.4) is 0 Å². The molecule has 0 saturated carbocycles. The maximum atomic E-state index is 2.38. The second-order valence-electron chi connectivity index (χ2n) is 8.99. The summed E-state index contributed by atoms with van der Waals surface area (Å²) in [6, 6.07) is 32.2. The van der Waals surface area contributed by atoms with Gasteiger partial charge in [0.25, 0.3) is 0 Å². The zero-order chi connectivity index (χ0) is 19.8. The van der Waals surface area contributed by atoms with E-state index < -0.39 is 0 Å². The summed E-state index contributed by atoms with van der Waals surface area (Å²) in [5.74, 6) is 0. The van der Waals surface area contributed by atoms with Crippen LogP contribution in [0.1, 0.15) is 0 Å². The van der Waals surface area contributed by atoms with E-state index in [0.717, 1.165) is 8.19 Å². The van der Waals surface area contributed by atoms with E-state index in [9.17, 15) is 0 Å². The second kappa shape index (κ2) is 4.83. The molecule has 31 heavy (non-hydrogen) atoms. The molecule has 9 rings (SSSR count). The van der Waals surface area contributed by atoms with Gasteiger partial charge in [-0.3, -0.25) is 0 Å². The largest absolute Gasteiger partial charge is 0.122 e. The van der Waals surface area contributed by atoms with Crippen LogP contribution in [0.2, 0.25) is 0 Å². The van der Waals surface area contributed by atoms with Gasteiger partial charge >= 0.3 is 0 Å². The number of hydrogen-bond acceptors (Lipinski definition) is 0. The predicted molar refractivity (Wildman–Crippen MR) is 140 cm³/mol. The van der Waals surface area contributed by atoms with E-state index in [-0.39, 0.29) is 0 Å². The summed E-state index contributed by atoms with van der Waals surface area (Å²) in [7, 11) is 0.727. The highest BCUT2D eigenvalue weighted by atomic mass is 31.0. The molecule has 0 saturated heterocycles. The van der Waals surface area contributed by atoms with Crippen LogP contribution in [0.4, 0.5) is 0 Å². The lowest BCUT2D eigenvalue weighted by atomic mass is 9.97. The highest BCUT2D eigenvalue weighted by Crippen LogP contribution is 2.55. The van der Waals surface area contributed by atoms with E-state index in [4.69, 9.17) is 0 Å². The monoisotopic (exact) mass is 406 g/mol. The second-order valence-corrected chi connectivity index (χ2v) is 10.2. The van der Waals surface area contributed by atoms with E-state index in [1.807, 2.05) is 0 Å². The molecule has 0 bridgehead atoms. The van der Waals surface area contributed by atoms with Gasteiger partial charge in [0.1, 0.15) is 0 Å². The highest BCUT2D eigenvalue weighted by molar-refractivity contribution is 7.45. The topological polar surface area (TPSA) is 0 Å². The summed E-state index contributed by atoms with van der Waals surface area (Å²) in [6.45, 7) is 0. The Bertz CT molecular complexity index is 1960. The van der Waals surface area contributed by atoms with Gasteiger partial charge in [-0.15, -0.1) is 8.19 Å². The zero-order valence-electron chi connectivity index (χ0n) is 16.6. The minimum atomic E-state index is 0.727. The molecule has 0 aliphatic heterocycles. The zero-order valence-corrected chi connectivity index (χ0v) is 17.6. The molecular formula is C30H15P. The molecule has 0 radical (unpaired) electrons. The quantitative estimate of drug-likeness (QED) is 0.235. The fraction of sp³-hybridized carbons (Fsp3) is 0. The van der Waals surface area contributed by atoms with Crippen molar-refractivity contribution in [1.29, 1.82) is 0 Å².